The molecule has 2 amide bonds. The second-order valence-corrected chi connectivity index (χ2v) is 6.27. The Labute approximate surface area is 114 Å². The van der Waals surface area contributed by atoms with Crippen molar-refractivity contribution in [2.75, 3.05) is 7.05 Å². The third-order valence-corrected chi connectivity index (χ3v) is 3.49. The van der Waals surface area contributed by atoms with Crippen molar-refractivity contribution in [3.63, 3.8) is 0 Å². The quantitative estimate of drug-likeness (QED) is 0.834. The van der Waals surface area contributed by atoms with Gasteiger partial charge in [-0.3, -0.25) is 14.4 Å². The highest BCUT2D eigenvalue weighted by molar-refractivity contribution is 5.94. The summed E-state index contributed by atoms with van der Waals surface area (Å²) in [6, 6.07) is -0.924. The minimum absolute atomic E-state index is 0.116. The van der Waals surface area contributed by atoms with E-state index in [0.29, 0.717) is 6.42 Å². The Morgan fingerprint density at radius 2 is 1.95 bits per heavy atom. The average molecular weight is 268 g/mol. The smallest absolute Gasteiger partial charge is 0.245 e. The van der Waals surface area contributed by atoms with Crippen LogP contribution in [0, 0.1) is 5.41 Å². The van der Waals surface area contributed by atoms with Crippen molar-refractivity contribution in [2.24, 2.45) is 5.41 Å². The van der Waals surface area contributed by atoms with Gasteiger partial charge in [0.05, 0.1) is 6.04 Å². The van der Waals surface area contributed by atoms with E-state index in [4.69, 9.17) is 0 Å². The van der Waals surface area contributed by atoms with Crippen LogP contribution in [0.15, 0.2) is 0 Å². The number of hydrogen-bond donors (Lipinski definition) is 1. The molecule has 0 unspecified atom stereocenters. The number of carbonyl (C=O) groups excluding carboxylic acids is 3. The molecule has 108 valence electrons. The molecule has 0 heterocycles. The van der Waals surface area contributed by atoms with E-state index in [2.05, 4.69) is 5.32 Å². The average Bonchev–Trinajstić information content (AvgIpc) is 2.72. The molecule has 2 atom stereocenters. The van der Waals surface area contributed by atoms with Crippen LogP contribution in [-0.2, 0) is 14.4 Å². The van der Waals surface area contributed by atoms with E-state index in [9.17, 15) is 14.4 Å². The van der Waals surface area contributed by atoms with Gasteiger partial charge in [0.25, 0.3) is 0 Å². The number of hydrogen-bond acceptors (Lipinski definition) is 3. The standard InChI is InChI=1S/C14H24N2O3/c1-9(15-13(19)14(2,3)4)12(18)16(5)10-7-6-8-11(10)17/h9-10H,6-8H2,1-5H3,(H,15,19)/t9-,10-/m0/s1. The summed E-state index contributed by atoms with van der Waals surface area (Å²) in [4.78, 5) is 37.2. The number of ketones is 1. The number of rotatable bonds is 3. The van der Waals surface area contributed by atoms with Gasteiger partial charge in [0, 0.05) is 18.9 Å². The molecule has 1 rings (SSSR count). The summed E-state index contributed by atoms with van der Waals surface area (Å²) >= 11 is 0. The van der Waals surface area contributed by atoms with Gasteiger partial charge < -0.3 is 10.2 Å². The Hall–Kier alpha value is -1.39. The van der Waals surface area contributed by atoms with Crippen LogP contribution in [0.1, 0.15) is 47.0 Å². The largest absolute Gasteiger partial charge is 0.344 e. The normalized spacial score (nSPS) is 21.1. The highest BCUT2D eigenvalue weighted by Crippen LogP contribution is 2.20. The van der Waals surface area contributed by atoms with Crippen molar-refractivity contribution in [3.05, 3.63) is 0 Å². The van der Waals surface area contributed by atoms with Crippen LogP contribution in [0.3, 0.4) is 0 Å². The Balaban J connectivity index is 2.62. The van der Waals surface area contributed by atoms with Crippen LogP contribution in [0.5, 0.6) is 0 Å². The number of amides is 2. The van der Waals surface area contributed by atoms with E-state index >= 15 is 0 Å². The predicted octanol–water partition coefficient (Wildman–Crippen LogP) is 1.12. The number of nitrogens with one attached hydrogen (secondary N) is 1. The zero-order valence-corrected chi connectivity index (χ0v) is 12.4. The lowest BCUT2D eigenvalue weighted by atomic mass is 9.95. The molecule has 0 aromatic heterocycles. The predicted molar refractivity (Wildman–Crippen MR) is 72.5 cm³/mol. The maximum Gasteiger partial charge on any atom is 0.245 e. The summed E-state index contributed by atoms with van der Waals surface area (Å²) in [6.07, 6.45) is 2.11. The molecule has 0 aromatic rings. The second kappa shape index (κ2) is 5.72. The molecule has 1 saturated carbocycles. The van der Waals surface area contributed by atoms with E-state index in [1.54, 1.807) is 34.7 Å². The van der Waals surface area contributed by atoms with Crippen molar-refractivity contribution in [1.29, 1.82) is 0 Å². The van der Waals surface area contributed by atoms with Crippen LogP contribution < -0.4 is 5.32 Å². The van der Waals surface area contributed by atoms with Crippen LogP contribution in [0.4, 0.5) is 0 Å². The van der Waals surface area contributed by atoms with Gasteiger partial charge in [-0.05, 0) is 19.8 Å². The van der Waals surface area contributed by atoms with E-state index in [1.807, 2.05) is 0 Å². The van der Waals surface area contributed by atoms with E-state index in [-0.39, 0.29) is 23.6 Å². The van der Waals surface area contributed by atoms with E-state index in [1.165, 1.54) is 4.90 Å². The molecular formula is C14H24N2O3. The second-order valence-electron chi connectivity index (χ2n) is 6.27. The zero-order valence-electron chi connectivity index (χ0n) is 12.4. The molecule has 1 fully saturated rings. The van der Waals surface area contributed by atoms with Crippen molar-refractivity contribution < 1.29 is 14.4 Å². The van der Waals surface area contributed by atoms with Gasteiger partial charge in [-0.1, -0.05) is 20.8 Å². The maximum atomic E-state index is 12.2. The fraction of sp³-hybridized carbons (Fsp3) is 0.786. The maximum absolute atomic E-state index is 12.2. The molecule has 0 aliphatic heterocycles. The van der Waals surface area contributed by atoms with Crippen molar-refractivity contribution >= 4 is 17.6 Å². The summed E-state index contributed by atoms with van der Waals surface area (Å²) in [7, 11) is 1.63. The number of carbonyl (C=O) groups is 3. The molecule has 0 radical (unpaired) electrons. The molecular weight excluding hydrogens is 244 g/mol. The molecule has 5 heteroatoms. The highest BCUT2D eigenvalue weighted by Gasteiger charge is 2.33. The van der Waals surface area contributed by atoms with Gasteiger partial charge in [0.15, 0.2) is 5.78 Å². The summed E-state index contributed by atoms with van der Waals surface area (Å²) in [5, 5.41) is 2.70. The van der Waals surface area contributed by atoms with Gasteiger partial charge in [-0.15, -0.1) is 0 Å². The SMILES string of the molecule is C[C@H](NC(=O)C(C)(C)C)C(=O)N(C)[C@H]1CCCC1=O. The van der Waals surface area contributed by atoms with Crippen molar-refractivity contribution in [2.45, 2.75) is 59.0 Å². The Morgan fingerprint density at radius 1 is 1.37 bits per heavy atom. The van der Waals surface area contributed by atoms with Gasteiger partial charge in [0.1, 0.15) is 6.04 Å². The first-order valence-electron chi connectivity index (χ1n) is 6.75. The van der Waals surface area contributed by atoms with Gasteiger partial charge in [0.2, 0.25) is 11.8 Å². The Morgan fingerprint density at radius 3 is 2.37 bits per heavy atom. The lowest BCUT2D eigenvalue weighted by Gasteiger charge is -2.28. The minimum atomic E-state index is -0.606. The minimum Gasteiger partial charge on any atom is -0.344 e. The Bertz CT molecular complexity index is 385. The molecule has 1 aliphatic rings. The lowest BCUT2D eigenvalue weighted by molar-refractivity contribution is -0.141. The molecule has 0 bridgehead atoms. The van der Waals surface area contributed by atoms with Crippen LogP contribution >= 0.6 is 0 Å². The molecule has 19 heavy (non-hydrogen) atoms. The molecule has 5 nitrogen and oxygen atoms in total. The van der Waals surface area contributed by atoms with Crippen LogP contribution in [-0.4, -0.2) is 41.6 Å². The van der Waals surface area contributed by atoms with E-state index in [0.717, 1.165) is 12.8 Å². The number of nitrogens with zero attached hydrogens (tertiary/aromatic N) is 1. The van der Waals surface area contributed by atoms with Crippen LogP contribution in [0.2, 0.25) is 0 Å². The fourth-order valence-electron chi connectivity index (χ4n) is 2.14. The van der Waals surface area contributed by atoms with Gasteiger partial charge in [-0.25, -0.2) is 0 Å². The Kier molecular flexibility index (Phi) is 4.71. The van der Waals surface area contributed by atoms with Crippen molar-refractivity contribution in [1.82, 2.24) is 10.2 Å². The molecule has 1 N–H and O–H groups in total. The van der Waals surface area contributed by atoms with Gasteiger partial charge >= 0.3 is 0 Å². The first-order valence-corrected chi connectivity index (χ1v) is 6.75. The third kappa shape index (κ3) is 3.78. The third-order valence-electron chi connectivity index (χ3n) is 3.49. The summed E-state index contributed by atoms with van der Waals surface area (Å²) in [5.74, 6) is -0.262. The summed E-state index contributed by atoms with van der Waals surface area (Å²) < 4.78 is 0. The molecule has 0 spiro atoms. The molecule has 0 saturated heterocycles. The van der Waals surface area contributed by atoms with Crippen LogP contribution in [0.25, 0.3) is 0 Å². The lowest BCUT2D eigenvalue weighted by Crippen LogP contribution is -2.51. The number of Topliss-reactive ketones (excluding diaryl/α,β-unsaturated/α-hetero) is 1. The van der Waals surface area contributed by atoms with E-state index < -0.39 is 11.5 Å². The van der Waals surface area contributed by atoms with Crippen molar-refractivity contribution in [3.8, 4) is 0 Å². The topological polar surface area (TPSA) is 66.5 Å². The van der Waals surface area contributed by atoms with Gasteiger partial charge in [-0.2, -0.15) is 0 Å². The molecule has 1 aliphatic carbocycles. The summed E-state index contributed by atoms with van der Waals surface area (Å²) in [6.45, 7) is 7.04. The fourth-order valence-corrected chi connectivity index (χ4v) is 2.14. The number of likely N-dealkylation sites (N-methyl/N-ethyl adjacent to an activating group) is 1. The first-order chi connectivity index (χ1) is 8.64. The zero-order chi connectivity index (χ0) is 14.8. The molecule has 0 aromatic carbocycles. The first kappa shape index (κ1) is 15.7. The summed E-state index contributed by atoms with van der Waals surface area (Å²) in [5.41, 5.74) is -0.531. The monoisotopic (exact) mass is 268 g/mol. The highest BCUT2D eigenvalue weighted by atomic mass is 16.2.